The average molecular weight is 293 g/mol. The second-order valence-corrected chi connectivity index (χ2v) is 4.66. The maximum atomic E-state index is 12.1. The van der Waals surface area contributed by atoms with Crippen LogP contribution in [0, 0.1) is 6.92 Å². The molecule has 106 valence electrons. The summed E-state index contributed by atoms with van der Waals surface area (Å²) < 4.78 is 6.81. The third kappa shape index (κ3) is 3.15. The molecule has 8 heteroatoms. The van der Waals surface area contributed by atoms with Gasteiger partial charge in [0, 0.05) is 12.7 Å². The van der Waals surface area contributed by atoms with E-state index in [4.69, 9.17) is 22.4 Å². The second-order valence-electron chi connectivity index (χ2n) is 4.24. The largest absolute Gasteiger partial charge is 0.467 e. The van der Waals surface area contributed by atoms with Crippen LogP contribution in [0.1, 0.15) is 21.9 Å². The molecule has 0 bridgehead atoms. The molecule has 0 aliphatic heterocycles. The number of aromatic nitrogens is 2. The molecule has 0 aromatic carbocycles. The number of aryl methyl sites for hydroxylation is 2. The van der Waals surface area contributed by atoms with Gasteiger partial charge in [-0.15, -0.1) is 0 Å². The van der Waals surface area contributed by atoms with Crippen molar-refractivity contribution in [2.75, 3.05) is 0 Å². The normalized spacial score (nSPS) is 10.3. The van der Waals surface area contributed by atoms with E-state index in [-0.39, 0.29) is 17.6 Å². The van der Waals surface area contributed by atoms with Crippen LogP contribution in [-0.2, 0) is 13.6 Å². The molecule has 0 spiro atoms. The van der Waals surface area contributed by atoms with Gasteiger partial charge in [0.2, 0.25) is 0 Å². The molecule has 2 rings (SSSR count). The Labute approximate surface area is 121 Å². The van der Waals surface area contributed by atoms with Gasteiger partial charge in [0.25, 0.3) is 5.91 Å². The number of hydrogen-bond donors (Lipinski definition) is 2. The molecular weight excluding hydrogens is 278 g/mol. The van der Waals surface area contributed by atoms with Gasteiger partial charge in [-0.2, -0.15) is 5.10 Å². The zero-order valence-corrected chi connectivity index (χ0v) is 12.0. The lowest BCUT2D eigenvalue weighted by molar-refractivity contribution is 0.0855. The molecule has 0 aliphatic carbocycles. The monoisotopic (exact) mass is 293 g/mol. The van der Waals surface area contributed by atoms with E-state index in [0.717, 1.165) is 5.69 Å². The summed E-state index contributed by atoms with van der Waals surface area (Å²) in [5.74, 6) is 0.253. The van der Waals surface area contributed by atoms with E-state index in [1.807, 2.05) is 6.92 Å². The summed E-state index contributed by atoms with van der Waals surface area (Å²) >= 11 is 4.91. The summed E-state index contributed by atoms with van der Waals surface area (Å²) in [7, 11) is 1.76. The maximum absolute atomic E-state index is 12.1. The van der Waals surface area contributed by atoms with Gasteiger partial charge >= 0.3 is 0 Å². The van der Waals surface area contributed by atoms with E-state index < -0.39 is 0 Å². The fraction of sp³-hybridized carbons (Fsp3) is 0.250. The van der Waals surface area contributed by atoms with Gasteiger partial charge in [0.15, 0.2) is 10.8 Å². The Balaban J connectivity index is 2.08. The zero-order chi connectivity index (χ0) is 14.7. The van der Waals surface area contributed by atoms with E-state index in [2.05, 4.69) is 10.5 Å². The molecule has 2 aromatic heterocycles. The molecule has 20 heavy (non-hydrogen) atoms. The number of nitrogens with zero attached hydrogens (tertiary/aromatic N) is 3. The Morgan fingerprint density at radius 2 is 2.40 bits per heavy atom. The van der Waals surface area contributed by atoms with Gasteiger partial charge in [-0.3, -0.25) is 19.9 Å². The Kier molecular flexibility index (Phi) is 4.04. The highest BCUT2D eigenvalue weighted by Gasteiger charge is 2.16. The van der Waals surface area contributed by atoms with Crippen molar-refractivity contribution < 1.29 is 9.21 Å². The first-order valence-electron chi connectivity index (χ1n) is 5.88. The smallest absolute Gasteiger partial charge is 0.290 e. The summed E-state index contributed by atoms with van der Waals surface area (Å²) in [5.41, 5.74) is 9.37. The van der Waals surface area contributed by atoms with E-state index in [1.54, 1.807) is 29.9 Å². The van der Waals surface area contributed by atoms with E-state index >= 15 is 0 Å². The van der Waals surface area contributed by atoms with Crippen molar-refractivity contribution in [3.05, 3.63) is 41.6 Å². The summed E-state index contributed by atoms with van der Waals surface area (Å²) in [4.78, 5) is 12.1. The molecule has 7 nitrogen and oxygen atoms in total. The molecule has 0 saturated carbocycles. The fourth-order valence-electron chi connectivity index (χ4n) is 1.58. The van der Waals surface area contributed by atoms with Crippen molar-refractivity contribution in [3.63, 3.8) is 0 Å². The SMILES string of the molecule is Cc1cc(C(=O)NN(Cc2ccco2)C(N)=S)nn1C. The molecule has 0 radical (unpaired) electrons. The molecule has 0 fully saturated rings. The van der Waals surface area contributed by atoms with Crippen LogP contribution in [0.15, 0.2) is 28.9 Å². The predicted octanol–water partition coefficient (Wildman–Crippen LogP) is 0.712. The number of amides is 1. The predicted molar refractivity (Wildman–Crippen MR) is 76.4 cm³/mol. The first-order chi connectivity index (χ1) is 9.47. The van der Waals surface area contributed by atoms with Crippen molar-refractivity contribution >= 4 is 23.2 Å². The van der Waals surface area contributed by atoms with Crippen molar-refractivity contribution in [2.45, 2.75) is 13.5 Å². The van der Waals surface area contributed by atoms with Crippen LogP contribution in [0.4, 0.5) is 0 Å². The van der Waals surface area contributed by atoms with Crippen LogP contribution < -0.4 is 11.2 Å². The minimum absolute atomic E-state index is 0.0439. The first-order valence-corrected chi connectivity index (χ1v) is 6.29. The van der Waals surface area contributed by atoms with Gasteiger partial charge in [-0.05, 0) is 37.3 Å². The zero-order valence-electron chi connectivity index (χ0n) is 11.2. The quantitative estimate of drug-likeness (QED) is 0.640. The molecular formula is C12H15N5O2S. The minimum Gasteiger partial charge on any atom is -0.467 e. The number of rotatable bonds is 3. The van der Waals surface area contributed by atoms with Gasteiger partial charge in [-0.25, -0.2) is 0 Å². The maximum Gasteiger partial charge on any atom is 0.290 e. The topological polar surface area (TPSA) is 89.3 Å². The van der Waals surface area contributed by atoms with Crippen molar-refractivity contribution in [2.24, 2.45) is 12.8 Å². The van der Waals surface area contributed by atoms with E-state index in [0.29, 0.717) is 11.5 Å². The highest BCUT2D eigenvalue weighted by atomic mass is 32.1. The van der Waals surface area contributed by atoms with Crippen molar-refractivity contribution in [3.8, 4) is 0 Å². The van der Waals surface area contributed by atoms with Crippen LogP contribution in [0.25, 0.3) is 0 Å². The lowest BCUT2D eigenvalue weighted by Gasteiger charge is -2.21. The third-order valence-corrected chi connectivity index (χ3v) is 2.96. The van der Waals surface area contributed by atoms with Crippen LogP contribution in [0.5, 0.6) is 0 Å². The number of carbonyl (C=O) groups excluding carboxylic acids is 1. The Bertz CT molecular complexity index is 600. The summed E-state index contributed by atoms with van der Waals surface area (Å²) in [6.07, 6.45) is 1.54. The molecule has 3 N–H and O–H groups in total. The number of hydrogen-bond acceptors (Lipinski definition) is 4. The van der Waals surface area contributed by atoms with Crippen LogP contribution in [-0.4, -0.2) is 25.8 Å². The van der Waals surface area contributed by atoms with Gasteiger partial charge in [0.1, 0.15) is 5.76 Å². The number of nitrogens with two attached hydrogens (primary N) is 1. The highest BCUT2D eigenvalue weighted by Crippen LogP contribution is 2.05. The van der Waals surface area contributed by atoms with Gasteiger partial charge in [-0.1, -0.05) is 0 Å². The van der Waals surface area contributed by atoms with Gasteiger partial charge < -0.3 is 10.2 Å². The van der Waals surface area contributed by atoms with Crippen molar-refractivity contribution in [1.29, 1.82) is 0 Å². The number of thiocarbonyl (C=S) groups is 1. The summed E-state index contributed by atoms with van der Waals surface area (Å²) in [6, 6.07) is 5.19. The number of furan rings is 1. The van der Waals surface area contributed by atoms with E-state index in [1.165, 1.54) is 11.3 Å². The Hall–Kier alpha value is -2.35. The molecule has 0 unspecified atom stereocenters. The summed E-state index contributed by atoms with van der Waals surface area (Å²) in [6.45, 7) is 2.11. The first kappa shape index (κ1) is 14.1. The van der Waals surface area contributed by atoms with Crippen molar-refractivity contribution in [1.82, 2.24) is 20.2 Å². The molecule has 0 atom stereocenters. The van der Waals surface area contributed by atoms with Crippen LogP contribution in [0.2, 0.25) is 0 Å². The Morgan fingerprint density at radius 3 is 2.90 bits per heavy atom. The molecule has 0 aliphatic rings. The highest BCUT2D eigenvalue weighted by molar-refractivity contribution is 7.80. The van der Waals surface area contributed by atoms with Crippen LogP contribution in [0.3, 0.4) is 0 Å². The molecule has 1 amide bonds. The van der Waals surface area contributed by atoms with E-state index in [9.17, 15) is 4.79 Å². The van der Waals surface area contributed by atoms with Gasteiger partial charge in [0.05, 0.1) is 12.8 Å². The standard InChI is InChI=1S/C12H15N5O2S/c1-8-6-10(14-16(8)2)11(18)15-17(12(13)20)7-9-4-3-5-19-9/h3-6H,7H2,1-2H3,(H2,13,20)(H,15,18). The second kappa shape index (κ2) is 5.74. The molecule has 0 saturated heterocycles. The van der Waals surface area contributed by atoms with Crippen LogP contribution >= 0.6 is 12.2 Å². The Morgan fingerprint density at radius 1 is 1.65 bits per heavy atom. The lowest BCUT2D eigenvalue weighted by Crippen LogP contribution is -2.48. The third-order valence-electron chi connectivity index (χ3n) is 2.74. The minimum atomic E-state index is -0.381. The summed E-state index contributed by atoms with van der Waals surface area (Å²) in [5, 5.41) is 5.47. The fourth-order valence-corrected chi connectivity index (χ4v) is 1.69. The number of nitrogens with one attached hydrogen (secondary N) is 1. The number of carbonyl (C=O) groups is 1. The lowest BCUT2D eigenvalue weighted by atomic mass is 10.3. The number of hydrazine groups is 1. The molecule has 2 heterocycles. The molecule has 2 aromatic rings. The average Bonchev–Trinajstić information content (AvgIpc) is 2.99.